The van der Waals surface area contributed by atoms with E-state index >= 15 is 0 Å². The molecule has 1 aromatic carbocycles. The molecule has 1 aromatic rings. The number of hydrogen-bond donors (Lipinski definition) is 2. The minimum Gasteiger partial charge on any atom is -0.512 e. The van der Waals surface area contributed by atoms with Gasteiger partial charge >= 0.3 is 5.97 Å². The summed E-state index contributed by atoms with van der Waals surface area (Å²) < 4.78 is 4.79. The highest BCUT2D eigenvalue weighted by molar-refractivity contribution is 6.09. The molecule has 5 nitrogen and oxygen atoms in total. The number of anilines is 1. The molecule has 1 rings (SSSR count). The molecule has 2 N–H and O–H groups in total. The maximum absolute atomic E-state index is 11.5. The summed E-state index contributed by atoms with van der Waals surface area (Å²) in [5.41, 5.74) is 3.56. The summed E-state index contributed by atoms with van der Waals surface area (Å²) in [5, 5.41) is 13.2. The van der Waals surface area contributed by atoms with Gasteiger partial charge in [0, 0.05) is 0 Å². The normalized spacial score (nSPS) is 12.1. The number of hydrazone groups is 1. The van der Waals surface area contributed by atoms with E-state index in [9.17, 15) is 9.90 Å². The van der Waals surface area contributed by atoms with Gasteiger partial charge in [-0.15, -0.1) is 0 Å². The van der Waals surface area contributed by atoms with E-state index in [1.165, 1.54) is 13.1 Å². The third kappa shape index (κ3) is 4.29. The molecule has 0 aliphatic heterocycles. The fourth-order valence-corrected chi connectivity index (χ4v) is 1.19. The number of nitrogens with one attached hydrogen (secondary N) is 1. The Labute approximate surface area is 106 Å². The van der Waals surface area contributed by atoms with Crippen molar-refractivity contribution in [2.24, 2.45) is 5.10 Å². The molecule has 96 valence electrons. The van der Waals surface area contributed by atoms with Crippen LogP contribution in [-0.4, -0.2) is 23.9 Å². The highest BCUT2D eigenvalue weighted by Crippen LogP contribution is 2.05. The van der Waals surface area contributed by atoms with Crippen molar-refractivity contribution in [2.75, 3.05) is 12.0 Å². The van der Waals surface area contributed by atoms with Crippen LogP contribution in [0.5, 0.6) is 0 Å². The second-order valence-electron chi connectivity index (χ2n) is 3.46. The molecule has 0 unspecified atom stereocenters. The Hall–Kier alpha value is -2.30. The zero-order chi connectivity index (χ0) is 13.4. The Bertz CT molecular complexity index is 449. The number of aliphatic hydroxyl groups excluding tert-OH is 1. The van der Waals surface area contributed by atoms with Crippen molar-refractivity contribution >= 4 is 17.9 Å². The van der Waals surface area contributed by atoms with Crippen molar-refractivity contribution in [2.45, 2.75) is 13.8 Å². The van der Waals surface area contributed by atoms with E-state index in [-0.39, 0.29) is 17.9 Å². The molecule has 0 heterocycles. The van der Waals surface area contributed by atoms with Crippen LogP contribution in [0.2, 0.25) is 0 Å². The van der Waals surface area contributed by atoms with Crippen LogP contribution in [0, 0.1) is 0 Å². The molecule has 0 fully saturated rings. The first kappa shape index (κ1) is 13.8. The van der Waals surface area contributed by atoms with Gasteiger partial charge in [-0.2, -0.15) is 5.10 Å². The molecule has 0 radical (unpaired) electrons. The van der Waals surface area contributed by atoms with Crippen molar-refractivity contribution in [1.29, 1.82) is 0 Å². The molecular formula is C13H16N2O3. The van der Waals surface area contributed by atoms with Crippen LogP contribution in [-0.2, 0) is 9.53 Å². The van der Waals surface area contributed by atoms with E-state index in [0.717, 1.165) is 5.69 Å². The van der Waals surface area contributed by atoms with E-state index < -0.39 is 5.97 Å². The van der Waals surface area contributed by atoms with Gasteiger partial charge in [-0.05, 0) is 26.0 Å². The summed E-state index contributed by atoms with van der Waals surface area (Å²) in [6.45, 7) is 3.35. The van der Waals surface area contributed by atoms with Crippen LogP contribution >= 0.6 is 0 Å². The predicted molar refractivity (Wildman–Crippen MR) is 70.5 cm³/mol. The number of esters is 1. The average molecular weight is 248 g/mol. The van der Waals surface area contributed by atoms with Crippen molar-refractivity contribution in [1.82, 2.24) is 0 Å². The molecule has 0 bridgehead atoms. The van der Waals surface area contributed by atoms with E-state index in [1.54, 1.807) is 6.92 Å². The van der Waals surface area contributed by atoms with Crippen molar-refractivity contribution in [3.05, 3.63) is 41.7 Å². The van der Waals surface area contributed by atoms with Gasteiger partial charge in [0.1, 0.15) is 11.3 Å². The van der Waals surface area contributed by atoms with Gasteiger partial charge in [0.2, 0.25) is 0 Å². The monoisotopic (exact) mass is 248 g/mol. The Balaban J connectivity index is 2.68. The van der Waals surface area contributed by atoms with Crippen molar-refractivity contribution in [3.63, 3.8) is 0 Å². The Kier molecular flexibility index (Phi) is 5.44. The first-order valence-corrected chi connectivity index (χ1v) is 5.56. The standard InChI is InChI=1S/C13H16N2O3/c1-3-18-13(17)12(10(2)16)9-14-15-11-7-5-4-6-8-11/h4-9,15-16H,3H2,1-2H3/b12-10+,14-9+. The average Bonchev–Trinajstić information content (AvgIpc) is 2.35. The van der Waals surface area contributed by atoms with Gasteiger partial charge in [-0.25, -0.2) is 4.79 Å². The highest BCUT2D eigenvalue weighted by atomic mass is 16.5. The quantitative estimate of drug-likeness (QED) is 0.276. The first-order valence-electron chi connectivity index (χ1n) is 5.56. The molecule has 0 aliphatic rings. The van der Waals surface area contributed by atoms with Crippen LogP contribution in [0.3, 0.4) is 0 Å². The van der Waals surface area contributed by atoms with E-state index in [0.29, 0.717) is 0 Å². The number of rotatable bonds is 5. The summed E-state index contributed by atoms with van der Waals surface area (Å²) in [5.74, 6) is -0.733. The van der Waals surface area contributed by atoms with E-state index in [2.05, 4.69) is 10.5 Å². The molecule has 0 saturated heterocycles. The number of benzene rings is 1. The van der Waals surface area contributed by atoms with Crippen LogP contribution in [0.25, 0.3) is 0 Å². The molecule has 0 saturated carbocycles. The highest BCUT2D eigenvalue weighted by Gasteiger charge is 2.11. The van der Waals surface area contributed by atoms with Crippen molar-refractivity contribution < 1.29 is 14.6 Å². The fourth-order valence-electron chi connectivity index (χ4n) is 1.19. The number of ether oxygens (including phenoxy) is 1. The SMILES string of the molecule is CCOC(=O)C(/C=N/Nc1ccccc1)=C(\C)O. The molecule has 0 spiro atoms. The van der Waals surface area contributed by atoms with Crippen LogP contribution in [0.1, 0.15) is 13.8 Å². The zero-order valence-electron chi connectivity index (χ0n) is 10.4. The van der Waals surface area contributed by atoms with Gasteiger partial charge < -0.3 is 9.84 Å². The minimum absolute atomic E-state index is 0.0280. The zero-order valence-corrected chi connectivity index (χ0v) is 10.4. The minimum atomic E-state index is -0.601. The maximum atomic E-state index is 11.5. The lowest BCUT2D eigenvalue weighted by Crippen LogP contribution is -2.11. The van der Waals surface area contributed by atoms with Gasteiger partial charge in [0.25, 0.3) is 0 Å². The Morgan fingerprint density at radius 1 is 1.44 bits per heavy atom. The molecule has 0 aliphatic carbocycles. The first-order chi connectivity index (χ1) is 8.65. The molecule has 18 heavy (non-hydrogen) atoms. The van der Waals surface area contributed by atoms with Crippen molar-refractivity contribution in [3.8, 4) is 0 Å². The summed E-state index contributed by atoms with van der Waals surface area (Å²) >= 11 is 0. The second kappa shape index (κ2) is 7.11. The predicted octanol–water partition coefficient (Wildman–Crippen LogP) is 2.48. The number of nitrogens with zero attached hydrogens (tertiary/aromatic N) is 1. The number of carbonyl (C=O) groups is 1. The maximum Gasteiger partial charge on any atom is 0.343 e. The van der Waals surface area contributed by atoms with Crippen LogP contribution in [0.15, 0.2) is 46.8 Å². The summed E-state index contributed by atoms with van der Waals surface area (Å²) in [4.78, 5) is 11.5. The van der Waals surface area contributed by atoms with Gasteiger partial charge in [0.05, 0.1) is 18.5 Å². The summed E-state index contributed by atoms with van der Waals surface area (Å²) in [7, 11) is 0. The lowest BCUT2D eigenvalue weighted by atomic mass is 10.2. The third-order valence-corrected chi connectivity index (χ3v) is 2.05. The summed E-state index contributed by atoms with van der Waals surface area (Å²) in [6, 6.07) is 9.26. The van der Waals surface area contributed by atoms with Crippen LogP contribution < -0.4 is 5.43 Å². The lowest BCUT2D eigenvalue weighted by Gasteiger charge is -2.03. The number of para-hydroxylation sites is 1. The number of hydrogen-bond acceptors (Lipinski definition) is 5. The molecule has 0 amide bonds. The smallest absolute Gasteiger partial charge is 0.343 e. The number of aliphatic hydroxyl groups is 1. The molecular weight excluding hydrogens is 232 g/mol. The number of carbonyl (C=O) groups excluding carboxylic acids is 1. The second-order valence-corrected chi connectivity index (χ2v) is 3.46. The fraction of sp³-hybridized carbons (Fsp3) is 0.231. The Morgan fingerprint density at radius 2 is 2.11 bits per heavy atom. The molecule has 0 atom stereocenters. The third-order valence-electron chi connectivity index (χ3n) is 2.05. The van der Waals surface area contributed by atoms with E-state index in [1.807, 2.05) is 30.3 Å². The van der Waals surface area contributed by atoms with Crippen LogP contribution in [0.4, 0.5) is 5.69 Å². The lowest BCUT2D eigenvalue weighted by molar-refractivity contribution is -0.138. The number of allylic oxidation sites excluding steroid dienone is 1. The largest absolute Gasteiger partial charge is 0.512 e. The summed E-state index contributed by atoms with van der Waals surface area (Å²) in [6.07, 6.45) is 1.24. The Morgan fingerprint density at radius 3 is 2.67 bits per heavy atom. The van der Waals surface area contributed by atoms with E-state index in [4.69, 9.17) is 4.74 Å². The molecule has 0 aromatic heterocycles. The van der Waals surface area contributed by atoms with Gasteiger partial charge in [-0.3, -0.25) is 5.43 Å². The van der Waals surface area contributed by atoms with Gasteiger partial charge in [-0.1, -0.05) is 18.2 Å². The van der Waals surface area contributed by atoms with Gasteiger partial charge in [0.15, 0.2) is 0 Å². The molecule has 5 heteroatoms. The topological polar surface area (TPSA) is 70.9 Å².